The third-order valence-electron chi connectivity index (χ3n) is 4.12. The Morgan fingerprint density at radius 1 is 1.21 bits per heavy atom. The third-order valence-corrected chi connectivity index (χ3v) is 4.12. The van der Waals surface area contributed by atoms with Crippen molar-refractivity contribution in [3.05, 3.63) is 23.8 Å². The van der Waals surface area contributed by atoms with Gasteiger partial charge in [0, 0.05) is 14.1 Å². The molecule has 1 unspecified atom stereocenters. The lowest BCUT2D eigenvalue weighted by Crippen LogP contribution is -2.45. The van der Waals surface area contributed by atoms with Gasteiger partial charge in [0.05, 0.1) is 11.4 Å². The van der Waals surface area contributed by atoms with Crippen LogP contribution >= 0.6 is 0 Å². The van der Waals surface area contributed by atoms with Crippen molar-refractivity contribution >= 4 is 30.1 Å². The van der Waals surface area contributed by atoms with Crippen molar-refractivity contribution in [1.29, 1.82) is 0 Å². The van der Waals surface area contributed by atoms with Gasteiger partial charge in [0.2, 0.25) is 18.7 Å². The Hall–Kier alpha value is -2.37. The summed E-state index contributed by atoms with van der Waals surface area (Å²) in [4.78, 5) is 37.4. The van der Waals surface area contributed by atoms with Crippen molar-refractivity contribution in [2.24, 2.45) is 0 Å². The molecule has 1 aromatic carbocycles. The molecule has 0 aliphatic rings. The number of nitrogens with zero attached hydrogens (tertiary/aromatic N) is 2. The van der Waals surface area contributed by atoms with Crippen LogP contribution in [0.4, 0.5) is 11.4 Å². The van der Waals surface area contributed by atoms with E-state index in [0.29, 0.717) is 18.7 Å². The van der Waals surface area contributed by atoms with Crippen molar-refractivity contribution in [3.8, 4) is 0 Å². The average molecular weight is 333 g/mol. The zero-order valence-electron chi connectivity index (χ0n) is 15.1. The molecule has 0 bridgehead atoms. The van der Waals surface area contributed by atoms with Gasteiger partial charge in [0.15, 0.2) is 0 Å². The van der Waals surface area contributed by atoms with E-state index in [1.54, 1.807) is 14.1 Å². The van der Waals surface area contributed by atoms with Crippen molar-refractivity contribution in [2.45, 2.75) is 45.6 Å². The summed E-state index contributed by atoms with van der Waals surface area (Å²) in [7, 11) is 3.49. The van der Waals surface area contributed by atoms with E-state index in [0.717, 1.165) is 29.8 Å². The van der Waals surface area contributed by atoms with Crippen molar-refractivity contribution < 1.29 is 14.4 Å². The smallest absolute Gasteiger partial charge is 0.249 e. The van der Waals surface area contributed by atoms with Crippen molar-refractivity contribution in [3.63, 3.8) is 0 Å². The van der Waals surface area contributed by atoms with E-state index < -0.39 is 6.04 Å². The predicted octanol–water partition coefficient (Wildman–Crippen LogP) is 2.28. The van der Waals surface area contributed by atoms with Crippen molar-refractivity contribution in [2.75, 3.05) is 23.9 Å². The molecule has 0 spiro atoms. The maximum absolute atomic E-state index is 12.2. The van der Waals surface area contributed by atoms with Crippen LogP contribution in [-0.2, 0) is 14.4 Å². The molecule has 0 aromatic heterocycles. The van der Waals surface area contributed by atoms with E-state index in [-0.39, 0.29) is 5.91 Å². The second kappa shape index (κ2) is 9.05. The number of carbonyl (C=O) groups is 3. The largest absolute Gasteiger partial charge is 0.361 e. The number of amides is 3. The van der Waals surface area contributed by atoms with Gasteiger partial charge in [-0.05, 0) is 30.0 Å². The number of hydrogen-bond acceptors (Lipinski definition) is 4. The van der Waals surface area contributed by atoms with Crippen LogP contribution in [0.25, 0.3) is 0 Å². The molecule has 132 valence electrons. The van der Waals surface area contributed by atoms with Crippen LogP contribution in [0.5, 0.6) is 0 Å². The van der Waals surface area contributed by atoms with Crippen LogP contribution in [0.15, 0.2) is 18.2 Å². The Kier molecular flexibility index (Phi) is 7.42. The SMILES string of the molecule is CCCC(C(=O)NC=O)N(C)c1ccc(C(C)C)cc1N(C)C=O. The van der Waals surface area contributed by atoms with Crippen LogP contribution in [0.3, 0.4) is 0 Å². The number of carbonyl (C=O) groups excluding carboxylic acids is 3. The Bertz CT molecular complexity index is 587. The first kappa shape index (κ1) is 19.7. The minimum atomic E-state index is -0.482. The third kappa shape index (κ3) is 4.57. The fraction of sp³-hybridized carbons (Fsp3) is 0.500. The fourth-order valence-corrected chi connectivity index (χ4v) is 2.63. The molecular formula is C18H27N3O3. The van der Waals surface area contributed by atoms with Crippen molar-refractivity contribution in [1.82, 2.24) is 5.32 Å². The van der Waals surface area contributed by atoms with Crippen LogP contribution in [0.2, 0.25) is 0 Å². The highest BCUT2D eigenvalue weighted by molar-refractivity contribution is 5.94. The summed E-state index contributed by atoms with van der Waals surface area (Å²) in [5, 5.41) is 2.23. The monoisotopic (exact) mass is 333 g/mol. The number of likely N-dealkylation sites (N-methyl/N-ethyl adjacent to an activating group) is 1. The number of benzene rings is 1. The molecule has 1 rings (SSSR count). The maximum atomic E-state index is 12.2. The normalized spacial score (nSPS) is 11.8. The van der Waals surface area contributed by atoms with Gasteiger partial charge >= 0.3 is 0 Å². The lowest BCUT2D eigenvalue weighted by molar-refractivity contribution is -0.126. The summed E-state index contributed by atoms with van der Waals surface area (Å²) in [6, 6.07) is 5.40. The highest BCUT2D eigenvalue weighted by Crippen LogP contribution is 2.33. The Balaban J connectivity index is 3.32. The van der Waals surface area contributed by atoms with E-state index in [1.807, 2.05) is 30.0 Å². The lowest BCUT2D eigenvalue weighted by Gasteiger charge is -2.31. The maximum Gasteiger partial charge on any atom is 0.249 e. The molecule has 6 nitrogen and oxygen atoms in total. The topological polar surface area (TPSA) is 69.7 Å². The number of nitrogens with one attached hydrogen (secondary N) is 1. The Morgan fingerprint density at radius 3 is 2.38 bits per heavy atom. The number of imide groups is 1. The molecule has 0 saturated heterocycles. The first-order chi connectivity index (χ1) is 11.4. The quantitative estimate of drug-likeness (QED) is 0.704. The zero-order valence-corrected chi connectivity index (χ0v) is 15.1. The molecule has 1 aromatic rings. The highest BCUT2D eigenvalue weighted by atomic mass is 16.2. The zero-order chi connectivity index (χ0) is 18.3. The molecule has 0 aliphatic heterocycles. The second-order valence-electron chi connectivity index (χ2n) is 6.16. The Morgan fingerprint density at radius 2 is 1.88 bits per heavy atom. The van der Waals surface area contributed by atoms with E-state index >= 15 is 0 Å². The van der Waals surface area contributed by atoms with Crippen LogP contribution in [0.1, 0.15) is 45.1 Å². The number of hydrogen-bond donors (Lipinski definition) is 1. The van der Waals surface area contributed by atoms with Gasteiger partial charge in [-0.15, -0.1) is 0 Å². The minimum absolute atomic E-state index is 0.327. The van der Waals surface area contributed by atoms with Gasteiger partial charge < -0.3 is 9.80 Å². The van der Waals surface area contributed by atoms with E-state index in [4.69, 9.17) is 0 Å². The molecule has 0 fully saturated rings. The molecular weight excluding hydrogens is 306 g/mol. The number of rotatable bonds is 9. The first-order valence-corrected chi connectivity index (χ1v) is 8.16. The molecule has 0 radical (unpaired) electrons. The summed E-state index contributed by atoms with van der Waals surface area (Å²) in [5.74, 6) is -0.0186. The van der Waals surface area contributed by atoms with Crippen LogP contribution in [0, 0.1) is 0 Å². The predicted molar refractivity (Wildman–Crippen MR) is 96.3 cm³/mol. The molecule has 3 amide bonds. The van der Waals surface area contributed by atoms with E-state index in [2.05, 4.69) is 19.2 Å². The van der Waals surface area contributed by atoms with Crippen LogP contribution < -0.4 is 15.1 Å². The first-order valence-electron chi connectivity index (χ1n) is 8.16. The van der Waals surface area contributed by atoms with Crippen LogP contribution in [-0.4, -0.2) is 38.9 Å². The van der Waals surface area contributed by atoms with Gasteiger partial charge in [-0.2, -0.15) is 0 Å². The summed E-state index contributed by atoms with van der Waals surface area (Å²) in [6.07, 6.45) is 2.55. The highest BCUT2D eigenvalue weighted by Gasteiger charge is 2.25. The van der Waals surface area contributed by atoms with E-state index in [1.165, 1.54) is 4.90 Å². The van der Waals surface area contributed by atoms with Gasteiger partial charge in [-0.3, -0.25) is 19.7 Å². The van der Waals surface area contributed by atoms with Gasteiger partial charge in [-0.1, -0.05) is 33.3 Å². The summed E-state index contributed by atoms with van der Waals surface area (Å²) >= 11 is 0. The fourth-order valence-electron chi connectivity index (χ4n) is 2.63. The molecule has 6 heteroatoms. The average Bonchev–Trinajstić information content (AvgIpc) is 2.57. The molecule has 1 N–H and O–H groups in total. The Labute approximate surface area is 143 Å². The summed E-state index contributed by atoms with van der Waals surface area (Å²) in [6.45, 7) is 6.15. The lowest BCUT2D eigenvalue weighted by atomic mass is 10.0. The van der Waals surface area contributed by atoms with Gasteiger partial charge in [0.1, 0.15) is 6.04 Å². The standard InChI is InChI=1S/C18H27N3O3/c1-6-7-16(18(24)19-11-22)21(5)15-9-8-14(13(2)3)10-17(15)20(4)12-23/h8-13,16H,6-7H2,1-5H3,(H,19,22,24). The second-order valence-corrected chi connectivity index (χ2v) is 6.16. The molecule has 24 heavy (non-hydrogen) atoms. The van der Waals surface area contributed by atoms with Gasteiger partial charge in [0.25, 0.3) is 0 Å². The molecule has 0 heterocycles. The summed E-state index contributed by atoms with van der Waals surface area (Å²) in [5.41, 5.74) is 2.62. The minimum Gasteiger partial charge on any atom is -0.361 e. The molecule has 0 aliphatic carbocycles. The molecule has 1 atom stereocenters. The van der Waals surface area contributed by atoms with Gasteiger partial charge in [-0.25, -0.2) is 0 Å². The summed E-state index contributed by atoms with van der Waals surface area (Å²) < 4.78 is 0. The molecule has 0 saturated carbocycles. The number of anilines is 2. The van der Waals surface area contributed by atoms with E-state index in [9.17, 15) is 14.4 Å².